The lowest BCUT2D eigenvalue weighted by molar-refractivity contribution is 0.414. The number of rotatable bonds is 5. The van der Waals surface area contributed by atoms with Gasteiger partial charge in [0.2, 0.25) is 0 Å². The van der Waals surface area contributed by atoms with E-state index >= 15 is 0 Å². The minimum absolute atomic E-state index is 0.564. The average molecular weight is 248 g/mol. The van der Waals surface area contributed by atoms with Gasteiger partial charge in [0.1, 0.15) is 5.75 Å². The zero-order valence-electron chi connectivity index (χ0n) is 11.9. The first-order valence-electron chi connectivity index (χ1n) is 6.74. The van der Waals surface area contributed by atoms with Gasteiger partial charge in [0.25, 0.3) is 0 Å². The van der Waals surface area contributed by atoms with Gasteiger partial charge in [-0.15, -0.1) is 0 Å². The third kappa shape index (κ3) is 2.78. The van der Waals surface area contributed by atoms with Crippen LogP contribution in [-0.4, -0.2) is 33.3 Å². The van der Waals surface area contributed by atoms with Crippen LogP contribution in [0.4, 0.5) is 5.69 Å². The van der Waals surface area contributed by atoms with Crippen LogP contribution in [0, 0.1) is 0 Å². The number of anilines is 1. The molecule has 3 heteroatoms. The van der Waals surface area contributed by atoms with E-state index < -0.39 is 0 Å². The van der Waals surface area contributed by atoms with Gasteiger partial charge in [0.15, 0.2) is 0 Å². The molecule has 0 aliphatic carbocycles. The van der Waals surface area contributed by atoms with Gasteiger partial charge in [-0.3, -0.25) is 0 Å². The normalized spacial score (nSPS) is 18.3. The first-order chi connectivity index (χ1) is 8.61. The Hall–Kier alpha value is -1.22. The Labute approximate surface area is 110 Å². The van der Waals surface area contributed by atoms with E-state index in [9.17, 15) is 0 Å². The average Bonchev–Trinajstić information content (AvgIpc) is 2.65. The summed E-state index contributed by atoms with van der Waals surface area (Å²) in [6.07, 6.45) is 1.18. The molecule has 1 N–H and O–H groups in total. The Bertz CT molecular complexity index is 403. The van der Waals surface area contributed by atoms with Crippen molar-refractivity contribution < 1.29 is 4.74 Å². The zero-order chi connectivity index (χ0) is 13.1. The number of hydrogen-bond acceptors (Lipinski definition) is 3. The maximum Gasteiger partial charge on any atom is 0.119 e. The molecule has 1 aromatic carbocycles. The Morgan fingerprint density at radius 2 is 2.22 bits per heavy atom. The van der Waals surface area contributed by atoms with E-state index in [1.807, 2.05) is 6.07 Å². The maximum atomic E-state index is 5.33. The fourth-order valence-electron chi connectivity index (χ4n) is 2.65. The van der Waals surface area contributed by atoms with E-state index in [0.717, 1.165) is 18.8 Å². The molecule has 0 bridgehead atoms. The zero-order valence-corrected chi connectivity index (χ0v) is 11.9. The second-order valence-electron chi connectivity index (χ2n) is 5.40. The molecule has 18 heavy (non-hydrogen) atoms. The molecule has 1 heterocycles. The van der Waals surface area contributed by atoms with Crippen molar-refractivity contribution in [3.8, 4) is 5.75 Å². The molecule has 2 rings (SSSR count). The van der Waals surface area contributed by atoms with Crippen molar-refractivity contribution in [3.63, 3.8) is 0 Å². The molecular formula is C15H24N2O. The summed E-state index contributed by atoms with van der Waals surface area (Å²) in [7, 11) is 3.90. The lowest BCUT2D eigenvalue weighted by atomic mass is 9.97. The summed E-state index contributed by atoms with van der Waals surface area (Å²) in [6.45, 7) is 6.57. The summed E-state index contributed by atoms with van der Waals surface area (Å²) in [5.41, 5.74) is 2.78. The minimum Gasteiger partial charge on any atom is -0.497 e. The van der Waals surface area contributed by atoms with Crippen LogP contribution in [0.25, 0.3) is 0 Å². The smallest absolute Gasteiger partial charge is 0.119 e. The van der Waals surface area contributed by atoms with Crippen molar-refractivity contribution in [1.82, 2.24) is 5.32 Å². The van der Waals surface area contributed by atoms with Crippen molar-refractivity contribution in [1.29, 1.82) is 0 Å². The van der Waals surface area contributed by atoms with Crippen LogP contribution in [0.5, 0.6) is 5.75 Å². The molecule has 100 valence electrons. The van der Waals surface area contributed by atoms with Gasteiger partial charge in [0, 0.05) is 31.2 Å². The highest BCUT2D eigenvalue weighted by molar-refractivity contribution is 5.61. The van der Waals surface area contributed by atoms with Crippen molar-refractivity contribution in [2.45, 2.75) is 32.2 Å². The van der Waals surface area contributed by atoms with Gasteiger partial charge >= 0.3 is 0 Å². The van der Waals surface area contributed by atoms with Crippen LogP contribution in [0.1, 0.15) is 31.7 Å². The molecule has 1 atom stereocenters. The Morgan fingerprint density at radius 3 is 2.89 bits per heavy atom. The van der Waals surface area contributed by atoms with Crippen molar-refractivity contribution >= 4 is 5.69 Å². The molecule has 0 saturated carbocycles. The SMILES string of the molecule is COc1ccc2c(c1)[C@H](CCNC(C)C)CN2C. The monoisotopic (exact) mass is 248 g/mol. The van der Waals surface area contributed by atoms with Crippen LogP contribution in [0.2, 0.25) is 0 Å². The third-order valence-electron chi connectivity index (χ3n) is 3.63. The maximum absolute atomic E-state index is 5.33. The molecule has 1 aromatic rings. The Morgan fingerprint density at radius 1 is 1.44 bits per heavy atom. The third-order valence-corrected chi connectivity index (χ3v) is 3.63. The number of methoxy groups -OCH3 is 1. The molecule has 0 fully saturated rings. The summed E-state index contributed by atoms with van der Waals surface area (Å²) >= 11 is 0. The predicted molar refractivity (Wildman–Crippen MR) is 76.8 cm³/mol. The number of benzene rings is 1. The van der Waals surface area contributed by atoms with Gasteiger partial charge in [-0.25, -0.2) is 0 Å². The number of nitrogens with zero attached hydrogens (tertiary/aromatic N) is 1. The molecule has 0 aromatic heterocycles. The van der Waals surface area contributed by atoms with E-state index in [-0.39, 0.29) is 0 Å². The molecular weight excluding hydrogens is 224 g/mol. The highest BCUT2D eigenvalue weighted by Gasteiger charge is 2.26. The summed E-state index contributed by atoms with van der Waals surface area (Å²) in [5, 5.41) is 3.50. The molecule has 0 unspecified atom stereocenters. The topological polar surface area (TPSA) is 24.5 Å². The van der Waals surface area contributed by atoms with E-state index in [2.05, 4.69) is 43.2 Å². The summed E-state index contributed by atoms with van der Waals surface area (Å²) in [6, 6.07) is 6.97. The molecule has 0 saturated heterocycles. The van der Waals surface area contributed by atoms with E-state index in [4.69, 9.17) is 4.74 Å². The van der Waals surface area contributed by atoms with E-state index in [0.29, 0.717) is 12.0 Å². The number of hydrogen-bond donors (Lipinski definition) is 1. The van der Waals surface area contributed by atoms with Crippen LogP contribution >= 0.6 is 0 Å². The lowest BCUT2D eigenvalue weighted by Crippen LogP contribution is -2.26. The second kappa shape index (κ2) is 5.61. The van der Waals surface area contributed by atoms with Crippen molar-refractivity contribution in [3.05, 3.63) is 23.8 Å². The summed E-state index contributed by atoms with van der Waals surface area (Å²) < 4.78 is 5.33. The van der Waals surface area contributed by atoms with Gasteiger partial charge in [-0.05, 0) is 36.7 Å². The minimum atomic E-state index is 0.564. The van der Waals surface area contributed by atoms with Crippen LogP contribution in [-0.2, 0) is 0 Å². The highest BCUT2D eigenvalue weighted by Crippen LogP contribution is 2.38. The molecule has 3 nitrogen and oxygen atoms in total. The number of nitrogens with one attached hydrogen (secondary N) is 1. The molecule has 0 amide bonds. The number of likely N-dealkylation sites (N-methyl/N-ethyl adjacent to an activating group) is 1. The quantitative estimate of drug-likeness (QED) is 0.867. The Balaban J connectivity index is 2.07. The number of fused-ring (bicyclic) bond motifs is 1. The van der Waals surface area contributed by atoms with Crippen molar-refractivity contribution in [2.24, 2.45) is 0 Å². The fraction of sp³-hybridized carbons (Fsp3) is 0.600. The van der Waals surface area contributed by atoms with Gasteiger partial charge in [-0.1, -0.05) is 13.8 Å². The first kappa shape index (κ1) is 13.2. The van der Waals surface area contributed by atoms with Gasteiger partial charge in [0.05, 0.1) is 7.11 Å². The summed E-state index contributed by atoms with van der Waals surface area (Å²) in [4.78, 5) is 2.34. The van der Waals surface area contributed by atoms with Crippen LogP contribution in [0.3, 0.4) is 0 Å². The highest BCUT2D eigenvalue weighted by atomic mass is 16.5. The largest absolute Gasteiger partial charge is 0.497 e. The van der Waals surface area contributed by atoms with Crippen LogP contribution in [0.15, 0.2) is 18.2 Å². The first-order valence-corrected chi connectivity index (χ1v) is 6.74. The second-order valence-corrected chi connectivity index (χ2v) is 5.40. The van der Waals surface area contributed by atoms with Gasteiger partial charge in [-0.2, -0.15) is 0 Å². The molecule has 1 aliphatic heterocycles. The van der Waals surface area contributed by atoms with Crippen molar-refractivity contribution in [2.75, 3.05) is 32.1 Å². The Kier molecular flexibility index (Phi) is 4.12. The predicted octanol–water partition coefficient (Wildman–Crippen LogP) is 2.62. The van der Waals surface area contributed by atoms with E-state index in [1.54, 1.807) is 7.11 Å². The molecule has 1 aliphatic rings. The summed E-state index contributed by atoms with van der Waals surface area (Å²) in [5.74, 6) is 1.58. The van der Waals surface area contributed by atoms with E-state index in [1.165, 1.54) is 17.7 Å². The molecule has 0 spiro atoms. The standard InChI is InChI=1S/C15H24N2O/c1-11(2)16-8-7-12-10-17(3)15-6-5-13(18-4)9-14(12)15/h5-6,9,11-12,16H,7-8,10H2,1-4H3/t12-/m1/s1. The molecule has 0 radical (unpaired) electrons. The lowest BCUT2D eigenvalue weighted by Gasteiger charge is -2.14. The van der Waals surface area contributed by atoms with Crippen LogP contribution < -0.4 is 15.0 Å². The fourth-order valence-corrected chi connectivity index (χ4v) is 2.65. The number of ether oxygens (including phenoxy) is 1. The van der Waals surface area contributed by atoms with Gasteiger partial charge < -0.3 is 15.0 Å².